The van der Waals surface area contributed by atoms with Crippen LogP contribution in [-0.2, 0) is 9.53 Å². The van der Waals surface area contributed by atoms with Crippen LogP contribution in [0.4, 0.5) is 0 Å². The van der Waals surface area contributed by atoms with Crippen LogP contribution in [0.3, 0.4) is 0 Å². The normalized spacial score (nSPS) is 24.9. The molecule has 5 heterocycles. The average molecular weight is 551 g/mol. The fourth-order valence-electron chi connectivity index (χ4n) is 7.07. The molecule has 7 nitrogen and oxygen atoms in total. The molecule has 0 fully saturated rings. The van der Waals surface area contributed by atoms with Crippen molar-refractivity contribution in [3.05, 3.63) is 73.5 Å². The zero-order valence-corrected chi connectivity index (χ0v) is 24.7. The first-order chi connectivity index (χ1) is 19.7. The number of esters is 1. The Labute approximate surface area is 240 Å². The summed E-state index contributed by atoms with van der Waals surface area (Å²) >= 11 is 0. The van der Waals surface area contributed by atoms with Gasteiger partial charge in [0.25, 0.3) is 0 Å². The Kier molecular flexibility index (Phi) is 6.63. The molecule has 3 aliphatic heterocycles. The molecule has 4 aliphatic rings. The highest BCUT2D eigenvalue weighted by molar-refractivity contribution is 6.28. The van der Waals surface area contributed by atoms with Gasteiger partial charge in [0.1, 0.15) is 0 Å². The first kappa shape index (κ1) is 27.1. The Balaban J connectivity index is 1.64. The lowest BCUT2D eigenvalue weighted by molar-refractivity contribution is -0.140. The van der Waals surface area contributed by atoms with Crippen LogP contribution >= 0.6 is 0 Å². The number of ether oxygens (including phenoxy) is 1. The molecule has 2 aromatic heterocycles. The minimum atomic E-state index is -0.237. The third-order valence-electron chi connectivity index (χ3n) is 9.51. The van der Waals surface area contributed by atoms with Crippen LogP contribution in [-0.4, -0.2) is 40.6 Å². The van der Waals surface area contributed by atoms with Gasteiger partial charge in [-0.15, -0.1) is 0 Å². The number of aliphatic imine (C=N–C) groups is 1. The highest BCUT2D eigenvalue weighted by Gasteiger charge is 2.38. The number of hydrogen-bond donors (Lipinski definition) is 3. The van der Waals surface area contributed by atoms with Gasteiger partial charge in [-0.3, -0.25) is 14.6 Å². The van der Waals surface area contributed by atoms with E-state index in [0.29, 0.717) is 19.3 Å². The Morgan fingerprint density at radius 2 is 1.95 bits per heavy atom. The second kappa shape index (κ2) is 10.1. The van der Waals surface area contributed by atoms with Gasteiger partial charge in [-0.2, -0.15) is 0 Å². The molecule has 3 atom stereocenters. The quantitative estimate of drug-likeness (QED) is 0.463. The Morgan fingerprint density at radius 1 is 1.17 bits per heavy atom. The Bertz CT molecular complexity index is 1770. The minimum absolute atomic E-state index is 0.00786. The van der Waals surface area contributed by atoms with Crippen molar-refractivity contribution < 1.29 is 14.3 Å². The van der Waals surface area contributed by atoms with Crippen molar-refractivity contribution >= 4 is 47.3 Å². The van der Waals surface area contributed by atoms with Crippen LogP contribution < -0.4 is 16.0 Å². The van der Waals surface area contributed by atoms with E-state index in [1.54, 1.807) is 0 Å². The molecular weight excluding hydrogens is 512 g/mol. The molecule has 0 saturated carbocycles. The first-order valence-corrected chi connectivity index (χ1v) is 14.5. The maximum absolute atomic E-state index is 13.4. The molecule has 0 aromatic carbocycles. The lowest BCUT2D eigenvalue weighted by atomic mass is 9.83. The summed E-state index contributed by atoms with van der Waals surface area (Å²) in [6, 6.07) is 0.0149. The molecule has 1 aliphatic carbocycles. The van der Waals surface area contributed by atoms with Crippen molar-refractivity contribution in [2.45, 2.75) is 66.3 Å². The average Bonchev–Trinajstić information content (AvgIpc) is 3.70. The number of allylic oxidation sites excluding steroid dienone is 2. The van der Waals surface area contributed by atoms with E-state index in [-0.39, 0.29) is 29.6 Å². The number of fused-ring (bicyclic) bond motifs is 7. The summed E-state index contributed by atoms with van der Waals surface area (Å²) in [6.45, 7) is 14.8. The summed E-state index contributed by atoms with van der Waals surface area (Å²) in [5, 5.41) is 5.58. The van der Waals surface area contributed by atoms with E-state index in [9.17, 15) is 9.59 Å². The summed E-state index contributed by atoms with van der Waals surface area (Å²) in [5.74, 6) is -0.0662. The van der Waals surface area contributed by atoms with E-state index < -0.39 is 0 Å². The number of methoxy groups -OCH3 is 1. The van der Waals surface area contributed by atoms with Gasteiger partial charge in [-0.25, -0.2) is 0 Å². The molecule has 2 aromatic rings. The van der Waals surface area contributed by atoms with Crippen molar-refractivity contribution in [2.24, 2.45) is 16.8 Å². The molecule has 1 unspecified atom stereocenters. The number of Topliss-reactive ketones (excluding diaryl/α,β-unsaturated/α-hetero) is 1. The minimum Gasteiger partial charge on any atom is -0.469 e. The smallest absolute Gasteiger partial charge is 0.305 e. The monoisotopic (exact) mass is 550 g/mol. The predicted molar refractivity (Wildman–Crippen MR) is 164 cm³/mol. The number of carbonyl (C=O) groups excluding carboxylic acids is 2. The largest absolute Gasteiger partial charge is 0.469 e. The Hall–Kier alpha value is -4.13. The molecule has 0 radical (unpaired) electrons. The van der Waals surface area contributed by atoms with Crippen molar-refractivity contribution in [3.63, 3.8) is 0 Å². The molecule has 3 N–H and O–H groups in total. The molecule has 8 bridgehead atoms. The molecule has 7 heteroatoms. The highest BCUT2D eigenvalue weighted by atomic mass is 16.5. The number of rotatable bonds is 5. The van der Waals surface area contributed by atoms with E-state index in [0.717, 1.165) is 73.4 Å². The predicted octanol–water partition coefficient (Wildman–Crippen LogP) is 4.87. The second-order valence-electron chi connectivity index (χ2n) is 11.6. The van der Waals surface area contributed by atoms with Crippen molar-refractivity contribution in [1.82, 2.24) is 15.3 Å². The second-order valence-corrected chi connectivity index (χ2v) is 11.6. The maximum atomic E-state index is 13.4. The van der Waals surface area contributed by atoms with E-state index in [1.165, 1.54) is 18.3 Å². The summed E-state index contributed by atoms with van der Waals surface area (Å²) in [7, 11) is 1.42. The number of nitrogens with one attached hydrogen (secondary N) is 3. The number of aromatic nitrogens is 2. The molecule has 0 saturated heterocycles. The van der Waals surface area contributed by atoms with Crippen molar-refractivity contribution in [1.29, 1.82) is 0 Å². The number of ketones is 1. The van der Waals surface area contributed by atoms with Crippen LogP contribution in [0.25, 0.3) is 29.9 Å². The van der Waals surface area contributed by atoms with Gasteiger partial charge < -0.3 is 20.0 Å². The molecule has 212 valence electrons. The Morgan fingerprint density at radius 3 is 2.66 bits per heavy atom. The van der Waals surface area contributed by atoms with Crippen LogP contribution in [0.15, 0.2) is 34.1 Å². The van der Waals surface area contributed by atoms with Crippen LogP contribution in [0, 0.1) is 25.7 Å². The summed E-state index contributed by atoms with van der Waals surface area (Å²) in [4.78, 5) is 38.1. The molecule has 0 spiro atoms. The van der Waals surface area contributed by atoms with Gasteiger partial charge in [-0.1, -0.05) is 26.5 Å². The SMILES string of the molecule is C=Cc1c2[nH]c(c1C)/C=C1\N=C(C3=c4[nH]/c(c(C)c4C(=O)C3)=C\C3NC(=C2)C(C)=C3CC)[C@@H](CCC(=O)OC)[C@@H]1C. The van der Waals surface area contributed by atoms with E-state index in [1.807, 2.05) is 13.0 Å². The molecule has 41 heavy (non-hydrogen) atoms. The zero-order chi connectivity index (χ0) is 29.2. The van der Waals surface area contributed by atoms with Gasteiger partial charge >= 0.3 is 5.97 Å². The third kappa shape index (κ3) is 4.21. The van der Waals surface area contributed by atoms with E-state index in [4.69, 9.17) is 9.73 Å². The standard InChI is InChI=1S/C34H38N4O3/c1-8-20-16(3)24-13-26-18(5)22(10-11-31(40)41-7)33(37-26)23-12-30(39)32-19(6)27(38-34(23)32)15-29-21(9-2)17(4)25(36-29)14-28(20)35-24/h8,13-15,18,22,29,35-36,38H,1,9-12H2,2-7H3/b25-14?,26-13-,27-15-/t18-,22-,29?/m0/s1. The lowest BCUT2D eigenvalue weighted by Gasteiger charge is -2.18. The summed E-state index contributed by atoms with van der Waals surface area (Å²) < 4.78 is 4.97. The van der Waals surface area contributed by atoms with Crippen LogP contribution in [0.2, 0.25) is 0 Å². The van der Waals surface area contributed by atoms with Gasteiger partial charge in [0.2, 0.25) is 0 Å². The summed E-state index contributed by atoms with van der Waals surface area (Å²) in [5.41, 5.74) is 12.4. The number of nitrogens with zero attached hydrogens (tertiary/aromatic N) is 1. The van der Waals surface area contributed by atoms with Crippen molar-refractivity contribution in [2.75, 3.05) is 7.11 Å². The number of aromatic amines is 2. The lowest BCUT2D eigenvalue weighted by Crippen LogP contribution is -2.26. The fourth-order valence-corrected chi connectivity index (χ4v) is 7.07. The third-order valence-corrected chi connectivity index (χ3v) is 9.51. The van der Waals surface area contributed by atoms with Gasteiger partial charge in [0, 0.05) is 69.5 Å². The molecule has 0 amide bonds. The van der Waals surface area contributed by atoms with Crippen molar-refractivity contribution in [3.8, 4) is 0 Å². The highest BCUT2D eigenvalue weighted by Crippen LogP contribution is 2.40. The fraction of sp³-hybridized carbons (Fsp3) is 0.382. The maximum Gasteiger partial charge on any atom is 0.305 e. The molecule has 6 rings (SSSR count). The van der Waals surface area contributed by atoms with Gasteiger partial charge in [-0.05, 0) is 74.1 Å². The zero-order valence-electron chi connectivity index (χ0n) is 24.7. The van der Waals surface area contributed by atoms with E-state index >= 15 is 0 Å². The van der Waals surface area contributed by atoms with Gasteiger partial charge in [0.05, 0.1) is 24.2 Å². The summed E-state index contributed by atoms with van der Waals surface area (Å²) in [6.07, 6.45) is 10.6. The van der Waals surface area contributed by atoms with Gasteiger partial charge in [0.15, 0.2) is 5.78 Å². The first-order valence-electron chi connectivity index (χ1n) is 14.5. The number of H-pyrrole nitrogens is 2. The number of carbonyl (C=O) groups is 2. The topological polar surface area (TPSA) is 99.3 Å². The van der Waals surface area contributed by atoms with Crippen LogP contribution in [0.1, 0.15) is 84.9 Å². The van der Waals surface area contributed by atoms with E-state index in [2.05, 4.69) is 67.8 Å². The molecular formula is C34H38N4O3. The number of hydrogen-bond acceptors (Lipinski definition) is 5. The van der Waals surface area contributed by atoms with Crippen LogP contribution in [0.5, 0.6) is 0 Å².